The molecule has 3 amide bonds. The maximum absolute atomic E-state index is 13.0. The Morgan fingerprint density at radius 1 is 1.17 bits per heavy atom. The predicted molar refractivity (Wildman–Crippen MR) is 144 cm³/mol. The molecule has 7 nitrogen and oxygen atoms in total. The van der Waals surface area contributed by atoms with Crippen molar-refractivity contribution in [1.29, 1.82) is 0 Å². The first-order chi connectivity index (χ1) is 16.7. The van der Waals surface area contributed by atoms with Gasteiger partial charge in [0.05, 0.1) is 6.54 Å². The van der Waals surface area contributed by atoms with Gasteiger partial charge in [-0.05, 0) is 70.2 Å². The smallest absolute Gasteiger partial charge is 0.322 e. The Bertz CT molecular complexity index is 957. The van der Waals surface area contributed by atoms with E-state index in [0.717, 1.165) is 30.2 Å². The van der Waals surface area contributed by atoms with Crippen LogP contribution in [0, 0.1) is 0 Å². The zero-order valence-corrected chi connectivity index (χ0v) is 22.7. The molecule has 2 heterocycles. The second-order valence-electron chi connectivity index (χ2n) is 10.0. The summed E-state index contributed by atoms with van der Waals surface area (Å²) in [7, 11) is 0. The van der Waals surface area contributed by atoms with E-state index >= 15 is 0 Å². The van der Waals surface area contributed by atoms with E-state index in [-0.39, 0.29) is 18.0 Å². The molecule has 1 fully saturated rings. The third-order valence-corrected chi connectivity index (χ3v) is 7.48. The van der Waals surface area contributed by atoms with Gasteiger partial charge in [-0.2, -0.15) is 0 Å². The summed E-state index contributed by atoms with van der Waals surface area (Å²) in [6.45, 7) is 13.7. The van der Waals surface area contributed by atoms with Crippen LogP contribution in [0.1, 0.15) is 87.3 Å². The highest BCUT2D eigenvalue weighted by Gasteiger charge is 2.21. The van der Waals surface area contributed by atoms with Crippen LogP contribution in [-0.2, 0) is 6.54 Å². The van der Waals surface area contributed by atoms with Crippen LogP contribution in [0.5, 0.6) is 0 Å². The van der Waals surface area contributed by atoms with Crippen molar-refractivity contribution >= 4 is 29.0 Å². The lowest BCUT2D eigenvalue weighted by molar-refractivity contribution is 0.0944. The van der Waals surface area contributed by atoms with Gasteiger partial charge in [-0.3, -0.25) is 4.79 Å². The Morgan fingerprint density at radius 2 is 1.91 bits per heavy atom. The fourth-order valence-electron chi connectivity index (χ4n) is 4.33. The first kappa shape index (κ1) is 27.1. The number of piperidine rings is 1. The second-order valence-corrected chi connectivity index (χ2v) is 11.0. The van der Waals surface area contributed by atoms with E-state index in [9.17, 15) is 9.59 Å². The summed E-state index contributed by atoms with van der Waals surface area (Å²) in [5.74, 6) is 0.298. The van der Waals surface area contributed by atoms with Crippen LogP contribution in [0.25, 0.3) is 0 Å². The molecule has 2 N–H and O–H groups in total. The topological polar surface area (TPSA) is 77.6 Å². The molecular formula is C27H41N5O2S. The number of rotatable bonds is 10. The number of benzene rings is 1. The number of nitrogens with one attached hydrogen (secondary N) is 2. The quantitative estimate of drug-likeness (QED) is 0.411. The van der Waals surface area contributed by atoms with Crippen molar-refractivity contribution in [1.82, 2.24) is 20.1 Å². The lowest BCUT2D eigenvalue weighted by Gasteiger charge is -2.33. The van der Waals surface area contributed by atoms with E-state index < -0.39 is 0 Å². The van der Waals surface area contributed by atoms with Crippen LogP contribution in [0.2, 0.25) is 0 Å². The molecule has 1 aromatic carbocycles. The number of anilines is 1. The van der Waals surface area contributed by atoms with Gasteiger partial charge in [0.15, 0.2) is 0 Å². The number of thiazole rings is 1. The van der Waals surface area contributed by atoms with Gasteiger partial charge in [0.1, 0.15) is 10.7 Å². The number of carbonyl (C=O) groups is 2. The van der Waals surface area contributed by atoms with Gasteiger partial charge >= 0.3 is 6.03 Å². The first-order valence-electron chi connectivity index (χ1n) is 12.9. The monoisotopic (exact) mass is 499 g/mol. The number of aromatic nitrogens is 1. The highest BCUT2D eigenvalue weighted by Crippen LogP contribution is 2.20. The molecule has 192 valence electrons. The summed E-state index contributed by atoms with van der Waals surface area (Å²) < 4.78 is 0. The molecule has 2 aromatic rings. The van der Waals surface area contributed by atoms with E-state index in [1.807, 2.05) is 38.1 Å². The van der Waals surface area contributed by atoms with Gasteiger partial charge in [0, 0.05) is 36.2 Å². The summed E-state index contributed by atoms with van der Waals surface area (Å²) in [6, 6.07) is 8.40. The third-order valence-electron chi connectivity index (χ3n) is 6.65. The van der Waals surface area contributed by atoms with Crippen LogP contribution < -0.4 is 10.6 Å². The Kier molecular flexibility index (Phi) is 10.1. The molecule has 0 aliphatic carbocycles. The normalized spacial score (nSPS) is 16.5. The summed E-state index contributed by atoms with van der Waals surface area (Å²) in [5, 5.41) is 8.50. The average Bonchev–Trinajstić information content (AvgIpc) is 3.30. The number of nitrogens with zero attached hydrogens (tertiary/aromatic N) is 3. The van der Waals surface area contributed by atoms with E-state index in [2.05, 4.69) is 41.3 Å². The molecule has 0 spiro atoms. The maximum atomic E-state index is 13.0. The molecule has 1 unspecified atom stereocenters. The van der Waals surface area contributed by atoms with Crippen LogP contribution in [0.3, 0.4) is 0 Å². The van der Waals surface area contributed by atoms with Crippen molar-refractivity contribution in [3.05, 3.63) is 45.9 Å². The zero-order chi connectivity index (χ0) is 25.4. The Balaban J connectivity index is 1.49. The Labute approximate surface area is 214 Å². The second kappa shape index (κ2) is 13.0. The molecule has 0 bridgehead atoms. The molecule has 35 heavy (non-hydrogen) atoms. The van der Waals surface area contributed by atoms with Crippen molar-refractivity contribution in [3.8, 4) is 0 Å². The largest absolute Gasteiger partial charge is 0.351 e. The summed E-state index contributed by atoms with van der Waals surface area (Å²) in [4.78, 5) is 34.3. The van der Waals surface area contributed by atoms with E-state index in [1.165, 1.54) is 36.2 Å². The lowest BCUT2D eigenvalue weighted by atomic mass is 10.0. The Hall–Kier alpha value is -2.45. The van der Waals surface area contributed by atoms with Crippen molar-refractivity contribution in [2.45, 2.75) is 84.8 Å². The molecule has 1 aromatic heterocycles. The van der Waals surface area contributed by atoms with E-state index in [4.69, 9.17) is 0 Å². The highest BCUT2D eigenvalue weighted by atomic mass is 32.1. The molecule has 0 radical (unpaired) electrons. The van der Waals surface area contributed by atoms with Crippen molar-refractivity contribution < 1.29 is 9.59 Å². The summed E-state index contributed by atoms with van der Waals surface area (Å²) >= 11 is 1.41. The number of urea groups is 1. The minimum atomic E-state index is -0.176. The van der Waals surface area contributed by atoms with Gasteiger partial charge in [-0.25, -0.2) is 9.78 Å². The maximum Gasteiger partial charge on any atom is 0.322 e. The van der Waals surface area contributed by atoms with E-state index in [1.54, 1.807) is 10.3 Å². The van der Waals surface area contributed by atoms with Crippen LogP contribution in [0.4, 0.5) is 10.5 Å². The highest BCUT2D eigenvalue weighted by molar-refractivity contribution is 7.09. The SMILES string of the molecule is CC(C)c1ccc(NC(=O)N(Cc2nc(C(=O)NCCCN3CCCCC3C)cs2)C(C)C)cc1. The van der Waals surface area contributed by atoms with Crippen molar-refractivity contribution in [2.75, 3.05) is 25.0 Å². The number of carbonyl (C=O) groups excluding carboxylic acids is 2. The van der Waals surface area contributed by atoms with Gasteiger partial charge in [-0.15, -0.1) is 11.3 Å². The molecular weight excluding hydrogens is 458 g/mol. The van der Waals surface area contributed by atoms with Crippen LogP contribution >= 0.6 is 11.3 Å². The first-order valence-corrected chi connectivity index (χ1v) is 13.8. The fraction of sp³-hybridized carbons (Fsp3) is 0.593. The zero-order valence-electron chi connectivity index (χ0n) is 21.8. The van der Waals surface area contributed by atoms with Crippen molar-refractivity contribution in [3.63, 3.8) is 0 Å². The molecule has 1 saturated heterocycles. The summed E-state index contributed by atoms with van der Waals surface area (Å²) in [5.41, 5.74) is 2.42. The molecule has 1 aliphatic heterocycles. The molecule has 1 aliphatic rings. The lowest BCUT2D eigenvalue weighted by Crippen LogP contribution is -2.39. The van der Waals surface area contributed by atoms with Crippen molar-refractivity contribution in [2.24, 2.45) is 0 Å². The van der Waals surface area contributed by atoms with Gasteiger partial charge < -0.3 is 20.4 Å². The van der Waals surface area contributed by atoms with Gasteiger partial charge in [0.2, 0.25) is 0 Å². The van der Waals surface area contributed by atoms with Gasteiger partial charge in [0.25, 0.3) is 5.91 Å². The number of hydrogen-bond donors (Lipinski definition) is 2. The van der Waals surface area contributed by atoms with Gasteiger partial charge in [-0.1, -0.05) is 32.4 Å². The predicted octanol–water partition coefficient (Wildman–Crippen LogP) is 5.70. The number of hydrogen-bond acceptors (Lipinski definition) is 5. The standard InChI is InChI=1S/C27H41N5O2S/c1-19(2)22-10-12-23(13-11-22)29-27(34)32(20(3)4)17-25-30-24(18-35-25)26(33)28-14-8-16-31-15-7-6-9-21(31)5/h10-13,18-21H,6-9,14-17H2,1-5H3,(H,28,33)(H,29,34). The summed E-state index contributed by atoms with van der Waals surface area (Å²) in [6.07, 6.45) is 4.80. The molecule has 3 rings (SSSR count). The fourth-order valence-corrected chi connectivity index (χ4v) is 5.11. The number of likely N-dealkylation sites (tertiary alicyclic amines) is 1. The molecule has 0 saturated carbocycles. The van der Waals surface area contributed by atoms with E-state index in [0.29, 0.717) is 30.7 Å². The average molecular weight is 500 g/mol. The minimum Gasteiger partial charge on any atom is -0.351 e. The Morgan fingerprint density at radius 3 is 2.57 bits per heavy atom. The van der Waals surface area contributed by atoms with Crippen LogP contribution in [0.15, 0.2) is 29.6 Å². The van der Waals surface area contributed by atoms with Crippen LogP contribution in [-0.4, -0.2) is 58.4 Å². The number of amides is 3. The third kappa shape index (κ3) is 8.04. The molecule has 1 atom stereocenters. The minimum absolute atomic E-state index is 0.0108. The molecule has 8 heteroatoms.